The molecule has 0 unspecified atom stereocenters. The molecule has 10 heteroatoms. The number of ether oxygens (including phenoxy) is 4. The molecular formula is C37H40N2O8. The zero-order valence-corrected chi connectivity index (χ0v) is 27.2. The van der Waals surface area contributed by atoms with Crippen LogP contribution >= 0.6 is 0 Å². The molecule has 0 radical (unpaired) electrons. The van der Waals surface area contributed by atoms with Crippen molar-refractivity contribution in [1.82, 2.24) is 4.90 Å². The number of carboxylic acids is 1. The second-order valence-electron chi connectivity index (χ2n) is 11.2. The number of nitrogens with zero attached hydrogens (tertiary/aromatic N) is 1. The first-order valence-corrected chi connectivity index (χ1v) is 15.0. The monoisotopic (exact) mass is 640 g/mol. The van der Waals surface area contributed by atoms with Gasteiger partial charge in [-0.3, -0.25) is 9.59 Å². The maximum Gasteiger partial charge on any atom is 0.326 e. The number of hydrogen-bond acceptors (Lipinski definition) is 7. The summed E-state index contributed by atoms with van der Waals surface area (Å²) in [7, 11) is 4.40. The summed E-state index contributed by atoms with van der Waals surface area (Å²) in [5.41, 5.74) is 11.4. The Morgan fingerprint density at radius 1 is 0.766 bits per heavy atom. The van der Waals surface area contributed by atoms with Gasteiger partial charge in [0, 0.05) is 18.5 Å². The maximum absolute atomic E-state index is 13.9. The number of hydrogen-bond donors (Lipinski definition) is 2. The van der Waals surface area contributed by atoms with Crippen LogP contribution < -0.4 is 24.7 Å². The lowest BCUT2D eigenvalue weighted by molar-refractivity contribution is -0.143. The third kappa shape index (κ3) is 8.82. The van der Waals surface area contributed by atoms with Gasteiger partial charge in [-0.25, -0.2) is 4.79 Å². The number of aliphatic carboxylic acids is 1. The molecule has 0 aromatic heterocycles. The fourth-order valence-corrected chi connectivity index (χ4v) is 5.47. The molecule has 47 heavy (non-hydrogen) atoms. The number of primary amides is 1. The van der Waals surface area contributed by atoms with Gasteiger partial charge < -0.3 is 34.7 Å². The van der Waals surface area contributed by atoms with Crippen LogP contribution in [0.2, 0.25) is 0 Å². The first kappa shape index (κ1) is 34.4. The van der Waals surface area contributed by atoms with Gasteiger partial charge in [-0.15, -0.1) is 0 Å². The number of methoxy groups -OCH3 is 3. The van der Waals surface area contributed by atoms with Gasteiger partial charge in [0.15, 0.2) is 11.5 Å². The summed E-state index contributed by atoms with van der Waals surface area (Å²) in [6, 6.07) is 22.9. The van der Waals surface area contributed by atoms with Crippen molar-refractivity contribution in [3.05, 3.63) is 107 Å². The molecule has 0 bridgehead atoms. The van der Waals surface area contributed by atoms with Crippen molar-refractivity contribution in [3.8, 4) is 34.1 Å². The van der Waals surface area contributed by atoms with Gasteiger partial charge in [-0.1, -0.05) is 53.6 Å². The van der Waals surface area contributed by atoms with Gasteiger partial charge in [-0.2, -0.15) is 0 Å². The molecule has 3 N–H and O–H groups in total. The SMILES string of the molecule is COc1cc(CN(C(=O)c2ccc(-c3ccc(OCc4cc(C)cc(C)c4)cc3)cc2)[C@@H](CCC(N)=O)C(=O)O)cc(OC)c1OC. The Morgan fingerprint density at radius 2 is 1.32 bits per heavy atom. The van der Waals surface area contributed by atoms with Crippen molar-refractivity contribution in [2.75, 3.05) is 21.3 Å². The topological polar surface area (TPSA) is 138 Å². The van der Waals surface area contributed by atoms with E-state index in [2.05, 4.69) is 32.0 Å². The number of aryl methyl sites for hydroxylation is 2. The van der Waals surface area contributed by atoms with Gasteiger partial charge >= 0.3 is 5.97 Å². The highest BCUT2D eigenvalue weighted by molar-refractivity contribution is 5.97. The summed E-state index contributed by atoms with van der Waals surface area (Å²) in [6.07, 6.45) is -0.365. The van der Waals surface area contributed by atoms with E-state index in [0.29, 0.717) is 29.4 Å². The van der Waals surface area contributed by atoms with Crippen LogP contribution in [0.1, 0.15) is 45.5 Å². The van der Waals surface area contributed by atoms with E-state index in [-0.39, 0.29) is 24.9 Å². The minimum Gasteiger partial charge on any atom is -0.493 e. The molecule has 246 valence electrons. The summed E-state index contributed by atoms with van der Waals surface area (Å²) in [5.74, 6) is -0.661. The number of carboxylic acid groups (broad SMARTS) is 1. The summed E-state index contributed by atoms with van der Waals surface area (Å²) in [6.45, 7) is 4.47. The molecule has 0 aliphatic heterocycles. The molecule has 0 aliphatic rings. The van der Waals surface area contributed by atoms with Crippen LogP contribution in [0.4, 0.5) is 0 Å². The van der Waals surface area contributed by atoms with E-state index >= 15 is 0 Å². The lowest BCUT2D eigenvalue weighted by Gasteiger charge is -2.29. The van der Waals surface area contributed by atoms with Crippen LogP contribution in [0.25, 0.3) is 11.1 Å². The molecule has 0 fully saturated rings. The van der Waals surface area contributed by atoms with E-state index in [1.54, 1.807) is 36.4 Å². The third-order valence-corrected chi connectivity index (χ3v) is 7.67. The summed E-state index contributed by atoms with van der Waals surface area (Å²) in [5, 5.41) is 10.1. The lowest BCUT2D eigenvalue weighted by atomic mass is 10.0. The number of nitrogens with two attached hydrogens (primary N) is 1. The minimum atomic E-state index is -1.33. The normalized spacial score (nSPS) is 11.3. The van der Waals surface area contributed by atoms with Crippen LogP contribution in [-0.2, 0) is 22.7 Å². The fraction of sp³-hybridized carbons (Fsp3) is 0.270. The van der Waals surface area contributed by atoms with Gasteiger partial charge in [0.25, 0.3) is 5.91 Å². The molecular weight excluding hydrogens is 600 g/mol. The number of carbonyl (C=O) groups is 3. The van der Waals surface area contributed by atoms with Gasteiger partial charge in [0.2, 0.25) is 11.7 Å². The molecule has 1 atom stereocenters. The highest BCUT2D eigenvalue weighted by Gasteiger charge is 2.31. The highest BCUT2D eigenvalue weighted by Crippen LogP contribution is 2.39. The van der Waals surface area contributed by atoms with E-state index in [9.17, 15) is 19.5 Å². The molecule has 0 aliphatic carbocycles. The molecule has 10 nitrogen and oxygen atoms in total. The van der Waals surface area contributed by atoms with Crippen LogP contribution in [0.3, 0.4) is 0 Å². The van der Waals surface area contributed by atoms with Gasteiger partial charge in [0.05, 0.1) is 21.3 Å². The molecule has 0 heterocycles. The Bertz CT molecular complexity index is 1670. The highest BCUT2D eigenvalue weighted by atomic mass is 16.5. The van der Waals surface area contributed by atoms with Crippen molar-refractivity contribution in [3.63, 3.8) is 0 Å². The molecule has 4 rings (SSSR count). The average molecular weight is 641 g/mol. The number of benzene rings is 4. The zero-order chi connectivity index (χ0) is 34.1. The predicted molar refractivity (Wildman–Crippen MR) is 178 cm³/mol. The van der Waals surface area contributed by atoms with E-state index in [1.165, 1.54) is 37.4 Å². The second kappa shape index (κ2) is 15.7. The third-order valence-electron chi connectivity index (χ3n) is 7.67. The Balaban J connectivity index is 1.57. The Kier molecular flexibility index (Phi) is 11.5. The number of rotatable bonds is 15. The number of amides is 2. The molecule has 4 aromatic rings. The summed E-state index contributed by atoms with van der Waals surface area (Å²) in [4.78, 5) is 39.1. The van der Waals surface area contributed by atoms with E-state index < -0.39 is 23.8 Å². The maximum atomic E-state index is 13.9. The van der Waals surface area contributed by atoms with E-state index in [4.69, 9.17) is 24.7 Å². The molecule has 0 saturated carbocycles. The van der Waals surface area contributed by atoms with Crippen LogP contribution in [0.5, 0.6) is 23.0 Å². The molecule has 0 spiro atoms. The summed E-state index contributed by atoms with van der Waals surface area (Å²) >= 11 is 0. The van der Waals surface area contributed by atoms with Crippen molar-refractivity contribution >= 4 is 17.8 Å². The van der Waals surface area contributed by atoms with Crippen molar-refractivity contribution in [1.29, 1.82) is 0 Å². The van der Waals surface area contributed by atoms with Crippen LogP contribution in [-0.4, -0.2) is 55.2 Å². The van der Waals surface area contributed by atoms with Gasteiger partial charge in [-0.05, 0) is 78.9 Å². The van der Waals surface area contributed by atoms with E-state index in [1.807, 2.05) is 24.3 Å². The fourth-order valence-electron chi connectivity index (χ4n) is 5.47. The number of carbonyl (C=O) groups excluding carboxylic acids is 2. The van der Waals surface area contributed by atoms with Gasteiger partial charge in [0.1, 0.15) is 18.4 Å². The smallest absolute Gasteiger partial charge is 0.326 e. The molecule has 0 saturated heterocycles. The first-order valence-electron chi connectivity index (χ1n) is 15.0. The Hall–Kier alpha value is -5.51. The molecule has 2 amide bonds. The van der Waals surface area contributed by atoms with Crippen LogP contribution in [0, 0.1) is 13.8 Å². The Morgan fingerprint density at radius 3 is 1.81 bits per heavy atom. The second-order valence-corrected chi connectivity index (χ2v) is 11.2. The Labute approximate surface area is 274 Å². The lowest BCUT2D eigenvalue weighted by Crippen LogP contribution is -2.45. The van der Waals surface area contributed by atoms with E-state index in [0.717, 1.165) is 22.4 Å². The van der Waals surface area contributed by atoms with Crippen LogP contribution in [0.15, 0.2) is 78.9 Å². The standard InChI is InChI=1S/C37H40N2O8/c1-23-16-24(2)18-26(17-23)22-47-30-12-10-28(11-13-30)27-6-8-29(9-7-27)36(41)39(31(37(42)43)14-15-34(38)40)21-25-19-32(44-3)35(46-5)33(20-25)45-4/h6-13,16-20,31H,14-15,21-22H2,1-5H3,(H2,38,40)(H,42,43)/t31-/m0/s1. The van der Waals surface area contributed by atoms with Crippen molar-refractivity contribution < 1.29 is 38.4 Å². The van der Waals surface area contributed by atoms with Crippen molar-refractivity contribution in [2.45, 2.75) is 45.9 Å². The molecule has 4 aromatic carbocycles. The first-order chi connectivity index (χ1) is 22.5. The quantitative estimate of drug-likeness (QED) is 0.163. The summed E-state index contributed by atoms with van der Waals surface area (Å²) < 4.78 is 22.3. The average Bonchev–Trinajstić information content (AvgIpc) is 3.05. The minimum absolute atomic E-state index is 0.114. The largest absolute Gasteiger partial charge is 0.493 e. The predicted octanol–water partition coefficient (Wildman–Crippen LogP) is 5.94. The zero-order valence-electron chi connectivity index (χ0n) is 27.2. The van der Waals surface area contributed by atoms with Crippen molar-refractivity contribution in [2.24, 2.45) is 5.73 Å².